The molecule has 1 aliphatic heterocycles. The quantitative estimate of drug-likeness (QED) is 0.904. The van der Waals surface area contributed by atoms with Gasteiger partial charge in [-0.3, -0.25) is 10.00 Å². The minimum atomic E-state index is -0.0504. The smallest absolute Gasteiger partial charge is 0.323 e. The number of aromatic nitrogens is 2. The van der Waals surface area contributed by atoms with Crippen molar-refractivity contribution in [2.24, 2.45) is 0 Å². The molecule has 1 N–H and O–H groups in total. The number of ether oxygens (including phenoxy) is 1. The third-order valence-corrected chi connectivity index (χ3v) is 5.00. The molecule has 2 atom stereocenters. The van der Waals surface area contributed by atoms with Crippen LogP contribution in [0.25, 0.3) is 0 Å². The summed E-state index contributed by atoms with van der Waals surface area (Å²) >= 11 is 1.84. The predicted octanol–water partition coefficient (Wildman–Crippen LogP) is 2.84. The zero-order valence-electron chi connectivity index (χ0n) is 13.6. The Morgan fingerprint density at radius 2 is 2.41 bits per heavy atom. The van der Waals surface area contributed by atoms with Crippen molar-refractivity contribution in [2.75, 3.05) is 38.4 Å². The predicted molar refractivity (Wildman–Crippen MR) is 90.6 cm³/mol. The van der Waals surface area contributed by atoms with E-state index < -0.39 is 0 Å². The second-order valence-electron chi connectivity index (χ2n) is 5.72. The van der Waals surface area contributed by atoms with E-state index in [0.717, 1.165) is 19.5 Å². The van der Waals surface area contributed by atoms with Gasteiger partial charge in [0.2, 0.25) is 0 Å². The lowest BCUT2D eigenvalue weighted by molar-refractivity contribution is 0.157. The fourth-order valence-electron chi connectivity index (χ4n) is 2.64. The monoisotopic (exact) mass is 326 g/mol. The Hall–Kier alpha value is -1.21. The number of nitrogens with zero attached hydrogens (tertiary/aromatic N) is 3. The average Bonchev–Trinajstić information content (AvgIpc) is 2.83. The molecule has 0 saturated carbocycles. The highest BCUT2D eigenvalue weighted by molar-refractivity contribution is 7.99. The number of hydrogen-bond acceptors (Lipinski definition) is 4. The first-order valence-electron chi connectivity index (χ1n) is 7.77. The van der Waals surface area contributed by atoms with Crippen molar-refractivity contribution in [3.8, 4) is 0 Å². The number of hydrogen-bond donors (Lipinski definition) is 1. The van der Waals surface area contributed by atoms with Gasteiger partial charge in [-0.25, -0.2) is 4.79 Å². The first kappa shape index (κ1) is 17.1. The number of likely N-dealkylation sites (tertiary alicyclic amines) is 1. The maximum atomic E-state index is 12.4. The van der Waals surface area contributed by atoms with E-state index in [9.17, 15) is 4.79 Å². The van der Waals surface area contributed by atoms with E-state index in [1.165, 1.54) is 12.8 Å². The van der Waals surface area contributed by atoms with Crippen LogP contribution in [0.15, 0.2) is 12.3 Å². The zero-order valence-corrected chi connectivity index (χ0v) is 14.4. The first-order chi connectivity index (χ1) is 10.6. The number of urea groups is 1. The molecule has 1 aliphatic rings. The summed E-state index contributed by atoms with van der Waals surface area (Å²) in [6, 6.07) is 1.92. The Bertz CT molecular complexity index is 480. The van der Waals surface area contributed by atoms with Gasteiger partial charge in [0.1, 0.15) is 0 Å². The molecule has 1 aromatic rings. The summed E-state index contributed by atoms with van der Waals surface area (Å²) in [7, 11) is 1.67. The van der Waals surface area contributed by atoms with E-state index in [2.05, 4.69) is 16.7 Å². The molecule has 0 aromatic carbocycles. The van der Waals surface area contributed by atoms with Gasteiger partial charge >= 0.3 is 6.03 Å². The van der Waals surface area contributed by atoms with Gasteiger partial charge in [-0.15, -0.1) is 0 Å². The molecule has 1 fully saturated rings. The molecule has 0 bridgehead atoms. The highest BCUT2D eigenvalue weighted by Crippen LogP contribution is 2.20. The average molecular weight is 326 g/mol. The van der Waals surface area contributed by atoms with Crippen molar-refractivity contribution >= 4 is 23.6 Å². The molecule has 1 saturated heterocycles. The number of amides is 2. The summed E-state index contributed by atoms with van der Waals surface area (Å²) in [5, 5.41) is 7.84. The Morgan fingerprint density at radius 3 is 3.14 bits per heavy atom. The van der Waals surface area contributed by atoms with Crippen molar-refractivity contribution in [3.63, 3.8) is 0 Å². The van der Waals surface area contributed by atoms with Gasteiger partial charge in [0.25, 0.3) is 0 Å². The van der Waals surface area contributed by atoms with E-state index in [4.69, 9.17) is 4.74 Å². The molecular formula is C15H26N4O2S. The number of rotatable bonds is 5. The van der Waals surface area contributed by atoms with Gasteiger partial charge in [-0.1, -0.05) is 6.42 Å². The van der Waals surface area contributed by atoms with Crippen molar-refractivity contribution in [2.45, 2.75) is 37.5 Å². The van der Waals surface area contributed by atoms with E-state index in [-0.39, 0.29) is 12.1 Å². The van der Waals surface area contributed by atoms with Gasteiger partial charge in [-0.05, 0) is 26.0 Å². The van der Waals surface area contributed by atoms with Gasteiger partial charge in [0.05, 0.1) is 12.6 Å². The van der Waals surface area contributed by atoms with Crippen LogP contribution in [-0.2, 0) is 4.74 Å². The number of thioether (sulfide) groups is 1. The minimum Gasteiger partial charge on any atom is -0.382 e. The third kappa shape index (κ3) is 4.64. The van der Waals surface area contributed by atoms with Crippen molar-refractivity contribution in [1.82, 2.24) is 14.7 Å². The van der Waals surface area contributed by atoms with E-state index >= 15 is 0 Å². The van der Waals surface area contributed by atoms with Crippen molar-refractivity contribution in [1.29, 1.82) is 0 Å². The molecule has 2 heterocycles. The molecule has 124 valence electrons. The number of carbonyl (C=O) groups excluding carboxylic acids is 1. The van der Waals surface area contributed by atoms with Crippen LogP contribution >= 0.6 is 11.8 Å². The van der Waals surface area contributed by atoms with E-state index in [1.807, 2.05) is 40.5 Å². The Balaban J connectivity index is 1.93. The SMILES string of the molecule is COC[C@H](C)n1ccc(NC(=O)N2CCCC[C@H](SC)C2)n1. The molecule has 0 unspecified atom stereocenters. The number of methoxy groups -OCH3 is 1. The van der Waals surface area contributed by atoms with Crippen LogP contribution in [0, 0.1) is 0 Å². The van der Waals surface area contributed by atoms with E-state index in [1.54, 1.807) is 7.11 Å². The Labute approximate surface area is 136 Å². The molecule has 0 radical (unpaired) electrons. The summed E-state index contributed by atoms with van der Waals surface area (Å²) in [4.78, 5) is 14.3. The molecule has 2 rings (SSSR count). The van der Waals surface area contributed by atoms with Crippen LogP contribution in [0.2, 0.25) is 0 Å². The lowest BCUT2D eigenvalue weighted by atomic mass is 10.2. The van der Waals surface area contributed by atoms with Crippen LogP contribution < -0.4 is 5.32 Å². The summed E-state index contributed by atoms with van der Waals surface area (Å²) < 4.78 is 6.93. The molecule has 7 heteroatoms. The first-order valence-corrected chi connectivity index (χ1v) is 9.05. The fraction of sp³-hybridized carbons (Fsp3) is 0.733. The fourth-order valence-corrected chi connectivity index (χ4v) is 3.37. The van der Waals surface area contributed by atoms with Crippen LogP contribution in [0.4, 0.5) is 10.6 Å². The molecule has 6 nitrogen and oxygen atoms in total. The summed E-state index contributed by atoms with van der Waals surface area (Å²) in [6.07, 6.45) is 7.44. The number of anilines is 1. The van der Waals surface area contributed by atoms with Crippen molar-refractivity contribution in [3.05, 3.63) is 12.3 Å². The summed E-state index contributed by atoms with van der Waals surface area (Å²) in [5.41, 5.74) is 0. The highest BCUT2D eigenvalue weighted by atomic mass is 32.2. The van der Waals surface area contributed by atoms with E-state index in [0.29, 0.717) is 17.7 Å². The molecule has 22 heavy (non-hydrogen) atoms. The highest BCUT2D eigenvalue weighted by Gasteiger charge is 2.22. The summed E-state index contributed by atoms with van der Waals surface area (Å²) in [5.74, 6) is 0.595. The van der Waals surface area contributed by atoms with Crippen LogP contribution in [0.1, 0.15) is 32.2 Å². The van der Waals surface area contributed by atoms with Gasteiger partial charge in [0, 0.05) is 37.7 Å². The molecule has 0 aliphatic carbocycles. The number of carbonyl (C=O) groups is 1. The van der Waals surface area contributed by atoms with Crippen LogP contribution in [0.5, 0.6) is 0 Å². The zero-order chi connectivity index (χ0) is 15.9. The largest absolute Gasteiger partial charge is 0.382 e. The lowest BCUT2D eigenvalue weighted by Crippen LogP contribution is -2.38. The minimum absolute atomic E-state index is 0.0504. The van der Waals surface area contributed by atoms with Crippen molar-refractivity contribution < 1.29 is 9.53 Å². The van der Waals surface area contributed by atoms with Gasteiger partial charge in [0.15, 0.2) is 5.82 Å². The van der Waals surface area contributed by atoms with Crippen LogP contribution in [0.3, 0.4) is 0 Å². The standard InChI is InChI=1S/C15H26N4O2S/c1-12(11-21-2)19-9-7-14(17-19)16-15(20)18-8-5-4-6-13(10-18)22-3/h7,9,12-13H,4-6,8,10-11H2,1-3H3,(H,16,17,20)/t12-,13-/m0/s1. The summed E-state index contributed by atoms with van der Waals surface area (Å²) in [6.45, 7) is 4.26. The molecular weight excluding hydrogens is 300 g/mol. The topological polar surface area (TPSA) is 59.4 Å². The second-order valence-corrected chi connectivity index (χ2v) is 6.85. The van der Waals surface area contributed by atoms with Crippen LogP contribution in [-0.4, -0.2) is 59.0 Å². The third-order valence-electron chi connectivity index (χ3n) is 3.95. The van der Waals surface area contributed by atoms with Gasteiger partial charge in [-0.2, -0.15) is 16.9 Å². The van der Waals surface area contributed by atoms with Gasteiger partial charge < -0.3 is 9.64 Å². The Morgan fingerprint density at radius 1 is 1.59 bits per heavy atom. The Kier molecular flexibility index (Phi) is 6.57. The molecule has 2 amide bonds. The normalized spacial score (nSPS) is 20.5. The lowest BCUT2D eigenvalue weighted by Gasteiger charge is -2.23. The molecule has 0 spiro atoms. The molecule has 1 aromatic heterocycles. The maximum absolute atomic E-state index is 12.4. The maximum Gasteiger partial charge on any atom is 0.323 e. The number of nitrogens with one attached hydrogen (secondary N) is 1. The second kappa shape index (κ2) is 8.43.